The smallest absolute Gasteiger partial charge is 0.150 e. The van der Waals surface area contributed by atoms with Crippen molar-refractivity contribution in [3.63, 3.8) is 0 Å². The van der Waals surface area contributed by atoms with Crippen LogP contribution in [0.1, 0.15) is 21.7 Å². The number of ether oxygens (including phenoxy) is 1. The van der Waals surface area contributed by atoms with Gasteiger partial charge in [-0.25, -0.2) is 0 Å². The number of carbonyl (C=O) groups excluding carboxylic acids is 1. The second kappa shape index (κ2) is 5.25. The Bertz CT molecular complexity index is 523. The number of aromatic nitrogens is 1. The quantitative estimate of drug-likeness (QED) is 0.754. The van der Waals surface area contributed by atoms with Crippen LogP contribution in [0.5, 0.6) is 5.75 Å². The Labute approximate surface area is 100 Å². The molecule has 3 nitrogen and oxygen atoms in total. The van der Waals surface area contributed by atoms with Crippen molar-refractivity contribution in [1.29, 1.82) is 0 Å². The molecule has 1 aromatic carbocycles. The van der Waals surface area contributed by atoms with Crippen LogP contribution in [0.3, 0.4) is 0 Å². The summed E-state index contributed by atoms with van der Waals surface area (Å²) in [4.78, 5) is 14.9. The number of rotatable bonds is 4. The van der Waals surface area contributed by atoms with Crippen LogP contribution in [-0.2, 0) is 6.61 Å². The first-order valence-corrected chi connectivity index (χ1v) is 5.38. The Morgan fingerprint density at radius 2 is 2.06 bits per heavy atom. The van der Waals surface area contributed by atoms with Crippen molar-refractivity contribution in [1.82, 2.24) is 4.98 Å². The van der Waals surface area contributed by atoms with E-state index in [1.807, 2.05) is 31.2 Å². The van der Waals surface area contributed by atoms with Crippen LogP contribution in [0, 0.1) is 6.92 Å². The molecule has 0 fully saturated rings. The fourth-order valence-electron chi connectivity index (χ4n) is 1.51. The van der Waals surface area contributed by atoms with Gasteiger partial charge in [0.1, 0.15) is 18.6 Å². The van der Waals surface area contributed by atoms with Gasteiger partial charge in [0.2, 0.25) is 0 Å². The van der Waals surface area contributed by atoms with Gasteiger partial charge in [0.25, 0.3) is 0 Å². The van der Waals surface area contributed by atoms with E-state index in [0.29, 0.717) is 17.9 Å². The van der Waals surface area contributed by atoms with Crippen LogP contribution in [-0.4, -0.2) is 11.3 Å². The minimum Gasteiger partial charge on any atom is -0.487 e. The number of carbonyl (C=O) groups is 1. The normalized spacial score (nSPS) is 9.94. The zero-order valence-electron chi connectivity index (χ0n) is 9.59. The molecule has 0 aliphatic heterocycles. The first kappa shape index (κ1) is 11.3. The second-order valence-corrected chi connectivity index (χ2v) is 3.75. The van der Waals surface area contributed by atoms with Gasteiger partial charge in [0.05, 0.1) is 5.69 Å². The molecule has 1 heterocycles. The molecule has 0 amide bonds. The number of hydrogen-bond acceptors (Lipinski definition) is 3. The summed E-state index contributed by atoms with van der Waals surface area (Å²) in [6.45, 7) is 2.35. The molecule has 0 bridgehead atoms. The summed E-state index contributed by atoms with van der Waals surface area (Å²) in [5.41, 5.74) is 2.45. The van der Waals surface area contributed by atoms with Crippen molar-refractivity contribution in [3.8, 4) is 5.75 Å². The molecule has 0 radical (unpaired) electrons. The lowest BCUT2D eigenvalue weighted by Crippen LogP contribution is -1.99. The van der Waals surface area contributed by atoms with Gasteiger partial charge in [0.15, 0.2) is 0 Å². The van der Waals surface area contributed by atoms with E-state index in [0.717, 1.165) is 17.7 Å². The average molecular weight is 227 g/mol. The van der Waals surface area contributed by atoms with Gasteiger partial charge in [-0.05, 0) is 31.2 Å². The zero-order valence-corrected chi connectivity index (χ0v) is 9.59. The Balaban J connectivity index is 2.04. The molecule has 17 heavy (non-hydrogen) atoms. The first-order chi connectivity index (χ1) is 8.28. The van der Waals surface area contributed by atoms with Gasteiger partial charge in [0, 0.05) is 11.3 Å². The maximum absolute atomic E-state index is 10.6. The van der Waals surface area contributed by atoms with Crippen molar-refractivity contribution in [2.75, 3.05) is 0 Å². The molecule has 0 N–H and O–H groups in total. The molecule has 2 aromatic rings. The number of aldehydes is 1. The largest absolute Gasteiger partial charge is 0.487 e. The third-order valence-electron chi connectivity index (χ3n) is 2.33. The van der Waals surface area contributed by atoms with Gasteiger partial charge in [-0.1, -0.05) is 18.2 Å². The highest BCUT2D eigenvalue weighted by atomic mass is 16.5. The Hall–Kier alpha value is -2.16. The first-order valence-electron chi connectivity index (χ1n) is 5.38. The lowest BCUT2D eigenvalue weighted by Gasteiger charge is -2.06. The van der Waals surface area contributed by atoms with E-state index in [9.17, 15) is 4.79 Å². The molecule has 2 rings (SSSR count). The number of aryl methyl sites for hydroxylation is 1. The third kappa shape index (κ3) is 3.14. The van der Waals surface area contributed by atoms with Crippen LogP contribution >= 0.6 is 0 Å². The molecule has 0 aliphatic rings. The van der Waals surface area contributed by atoms with Crippen molar-refractivity contribution in [2.24, 2.45) is 0 Å². The van der Waals surface area contributed by atoms with Crippen molar-refractivity contribution >= 4 is 6.29 Å². The number of benzene rings is 1. The molecule has 0 unspecified atom stereocenters. The van der Waals surface area contributed by atoms with Gasteiger partial charge in [-0.15, -0.1) is 0 Å². The van der Waals surface area contributed by atoms with Crippen LogP contribution in [0.15, 0.2) is 42.5 Å². The standard InChI is InChI=1S/C14H13NO2/c1-11-4-2-6-13(15-11)10-17-14-7-3-5-12(8-14)9-16/h2-9H,10H2,1H3. The Kier molecular flexibility index (Phi) is 3.50. The lowest BCUT2D eigenvalue weighted by atomic mass is 10.2. The second-order valence-electron chi connectivity index (χ2n) is 3.75. The molecule has 0 spiro atoms. The third-order valence-corrected chi connectivity index (χ3v) is 2.33. The molecule has 0 aliphatic carbocycles. The highest BCUT2D eigenvalue weighted by molar-refractivity contribution is 5.75. The van der Waals surface area contributed by atoms with E-state index in [4.69, 9.17) is 4.74 Å². The predicted octanol–water partition coefficient (Wildman–Crippen LogP) is 2.78. The number of pyridine rings is 1. The lowest BCUT2D eigenvalue weighted by molar-refractivity contribution is 0.112. The molecule has 86 valence electrons. The molecule has 0 saturated heterocycles. The van der Waals surface area contributed by atoms with Crippen molar-refractivity contribution in [2.45, 2.75) is 13.5 Å². The van der Waals surface area contributed by atoms with Gasteiger partial charge in [-0.2, -0.15) is 0 Å². The highest BCUT2D eigenvalue weighted by Gasteiger charge is 1.98. The summed E-state index contributed by atoms with van der Waals surface area (Å²) in [7, 11) is 0. The monoisotopic (exact) mass is 227 g/mol. The molecule has 3 heteroatoms. The van der Waals surface area contributed by atoms with Crippen LogP contribution in [0.4, 0.5) is 0 Å². The van der Waals surface area contributed by atoms with E-state index < -0.39 is 0 Å². The Morgan fingerprint density at radius 3 is 2.82 bits per heavy atom. The maximum Gasteiger partial charge on any atom is 0.150 e. The minimum atomic E-state index is 0.407. The Morgan fingerprint density at radius 1 is 1.24 bits per heavy atom. The molecule has 1 aromatic heterocycles. The number of nitrogens with zero attached hydrogens (tertiary/aromatic N) is 1. The highest BCUT2D eigenvalue weighted by Crippen LogP contribution is 2.13. The van der Waals surface area contributed by atoms with Gasteiger partial charge >= 0.3 is 0 Å². The fraction of sp³-hybridized carbons (Fsp3) is 0.143. The average Bonchev–Trinajstić information content (AvgIpc) is 2.37. The summed E-state index contributed by atoms with van der Waals surface area (Å²) < 4.78 is 5.57. The summed E-state index contributed by atoms with van der Waals surface area (Å²) in [5, 5.41) is 0. The van der Waals surface area contributed by atoms with Crippen molar-refractivity contribution in [3.05, 3.63) is 59.4 Å². The van der Waals surface area contributed by atoms with E-state index in [2.05, 4.69) is 4.98 Å². The van der Waals surface area contributed by atoms with E-state index in [-0.39, 0.29) is 0 Å². The van der Waals surface area contributed by atoms with E-state index >= 15 is 0 Å². The van der Waals surface area contributed by atoms with Crippen LogP contribution in [0.25, 0.3) is 0 Å². The molecule has 0 atom stereocenters. The van der Waals surface area contributed by atoms with Crippen LogP contribution in [0.2, 0.25) is 0 Å². The van der Waals surface area contributed by atoms with E-state index in [1.165, 1.54) is 0 Å². The van der Waals surface area contributed by atoms with Gasteiger partial charge < -0.3 is 4.74 Å². The number of hydrogen-bond donors (Lipinski definition) is 0. The maximum atomic E-state index is 10.6. The predicted molar refractivity (Wildman–Crippen MR) is 65.1 cm³/mol. The summed E-state index contributed by atoms with van der Waals surface area (Å²) in [5.74, 6) is 0.679. The molecular weight excluding hydrogens is 214 g/mol. The van der Waals surface area contributed by atoms with Gasteiger partial charge in [-0.3, -0.25) is 9.78 Å². The topological polar surface area (TPSA) is 39.2 Å². The SMILES string of the molecule is Cc1cccc(COc2cccc(C=O)c2)n1. The van der Waals surface area contributed by atoms with Crippen LogP contribution < -0.4 is 4.74 Å². The minimum absolute atomic E-state index is 0.407. The van der Waals surface area contributed by atoms with Crippen molar-refractivity contribution < 1.29 is 9.53 Å². The fourth-order valence-corrected chi connectivity index (χ4v) is 1.51. The molecular formula is C14H13NO2. The summed E-state index contributed by atoms with van der Waals surface area (Å²) in [6, 6.07) is 12.9. The molecule has 0 saturated carbocycles. The summed E-state index contributed by atoms with van der Waals surface area (Å²) in [6.07, 6.45) is 0.803. The zero-order chi connectivity index (χ0) is 12.1. The summed E-state index contributed by atoms with van der Waals surface area (Å²) >= 11 is 0. The van der Waals surface area contributed by atoms with E-state index in [1.54, 1.807) is 18.2 Å².